The van der Waals surface area contributed by atoms with E-state index in [0.29, 0.717) is 49.2 Å². The Morgan fingerprint density at radius 1 is 1.00 bits per heavy atom. The van der Waals surface area contributed by atoms with Crippen LogP contribution in [0.3, 0.4) is 0 Å². The van der Waals surface area contributed by atoms with Gasteiger partial charge in [-0.05, 0) is 42.5 Å². The average Bonchev–Trinajstić information content (AvgIpc) is 2.95. The average molecular weight is 506 g/mol. The number of benzene rings is 2. The van der Waals surface area contributed by atoms with Crippen LogP contribution in [0.5, 0.6) is 0 Å². The number of nitrogens with zero attached hydrogens (tertiary/aromatic N) is 3. The number of piperazine rings is 1. The lowest BCUT2D eigenvalue weighted by Crippen LogP contribution is -2.56. The van der Waals surface area contributed by atoms with Crippen LogP contribution in [-0.2, 0) is 11.2 Å². The third-order valence-corrected chi connectivity index (χ3v) is 7.73. The highest BCUT2D eigenvalue weighted by Gasteiger charge is 2.32. The molecule has 2 aromatic carbocycles. The van der Waals surface area contributed by atoms with E-state index in [1.807, 2.05) is 12.1 Å². The van der Waals surface area contributed by atoms with E-state index in [1.54, 1.807) is 34.1 Å². The number of rotatable bonds is 5. The van der Waals surface area contributed by atoms with E-state index in [9.17, 15) is 18.8 Å². The van der Waals surface area contributed by atoms with Gasteiger partial charge in [0.2, 0.25) is 5.91 Å². The first-order chi connectivity index (χ1) is 17.9. The zero-order chi connectivity index (χ0) is 25.9. The lowest BCUT2D eigenvalue weighted by Gasteiger charge is -2.37. The van der Waals surface area contributed by atoms with Gasteiger partial charge in [0.25, 0.3) is 11.5 Å². The van der Waals surface area contributed by atoms with Crippen LogP contribution in [0.4, 0.5) is 4.39 Å². The number of carbonyl (C=O) groups excluding carboxylic acids is 2. The van der Waals surface area contributed by atoms with Crippen molar-refractivity contribution in [1.82, 2.24) is 20.0 Å². The van der Waals surface area contributed by atoms with Crippen LogP contribution in [0.25, 0.3) is 10.8 Å². The van der Waals surface area contributed by atoms with E-state index in [-0.39, 0.29) is 22.9 Å². The van der Waals surface area contributed by atoms with Gasteiger partial charge in [-0.1, -0.05) is 43.5 Å². The molecule has 37 heavy (non-hydrogen) atoms. The molecule has 1 aromatic heterocycles. The van der Waals surface area contributed by atoms with Gasteiger partial charge in [-0.2, -0.15) is 5.10 Å². The van der Waals surface area contributed by atoms with Crippen LogP contribution >= 0.6 is 0 Å². The van der Waals surface area contributed by atoms with E-state index >= 15 is 0 Å². The number of nitrogens with one attached hydrogen (secondary N) is 1. The molecule has 1 saturated carbocycles. The second kappa shape index (κ2) is 10.8. The first-order valence-corrected chi connectivity index (χ1v) is 13.0. The molecule has 1 aliphatic heterocycles. The molecule has 194 valence electrons. The highest BCUT2D eigenvalue weighted by atomic mass is 19.1. The first-order valence-electron chi connectivity index (χ1n) is 13.0. The monoisotopic (exact) mass is 505 g/mol. The maximum Gasteiger partial charge on any atom is 0.272 e. The summed E-state index contributed by atoms with van der Waals surface area (Å²) in [7, 11) is 0. The van der Waals surface area contributed by atoms with Gasteiger partial charge < -0.3 is 15.5 Å². The van der Waals surface area contributed by atoms with Crippen LogP contribution < -0.4 is 11.3 Å². The van der Waals surface area contributed by atoms with E-state index < -0.39 is 17.8 Å². The minimum absolute atomic E-state index is 0.00934. The van der Waals surface area contributed by atoms with Crippen LogP contribution in [0.2, 0.25) is 0 Å². The number of fused-ring (bicyclic) bond motifs is 1. The van der Waals surface area contributed by atoms with Gasteiger partial charge in [0.1, 0.15) is 5.82 Å². The van der Waals surface area contributed by atoms with Crippen molar-refractivity contribution in [2.75, 3.05) is 26.2 Å². The molecular weight excluding hydrogens is 473 g/mol. The van der Waals surface area contributed by atoms with Crippen molar-refractivity contribution in [2.45, 2.75) is 44.6 Å². The van der Waals surface area contributed by atoms with Crippen LogP contribution in [0, 0.1) is 11.7 Å². The summed E-state index contributed by atoms with van der Waals surface area (Å²) in [5, 5.41) is 7.94. The maximum atomic E-state index is 14.7. The van der Waals surface area contributed by atoms with E-state index in [0.717, 1.165) is 31.1 Å². The number of nitrogens with two attached hydrogens (primary N) is 1. The third-order valence-electron chi connectivity index (χ3n) is 7.73. The Balaban J connectivity index is 1.26. The minimum atomic E-state index is -0.592. The molecule has 0 unspecified atom stereocenters. The smallest absolute Gasteiger partial charge is 0.272 e. The van der Waals surface area contributed by atoms with Gasteiger partial charge in [-0.25, -0.2) is 9.49 Å². The normalized spacial score (nSPS) is 17.7. The van der Waals surface area contributed by atoms with Gasteiger partial charge in [-0.3, -0.25) is 14.4 Å². The quantitative estimate of drug-likeness (QED) is 0.554. The first kappa shape index (κ1) is 25.1. The lowest BCUT2D eigenvalue weighted by atomic mass is 9.83. The number of aromatic nitrogens is 2. The third kappa shape index (κ3) is 5.27. The SMILES string of the molecule is N[C@@H](C(=O)N1CCN(C(=O)c2cc(Cc3n[nH]c(=O)c4ccccc34)ccc2F)CC1)C1CCCCC1. The van der Waals surface area contributed by atoms with Crippen LogP contribution in [0.15, 0.2) is 47.3 Å². The minimum Gasteiger partial charge on any atom is -0.338 e. The van der Waals surface area contributed by atoms with Crippen molar-refractivity contribution >= 4 is 22.6 Å². The predicted molar refractivity (Wildman–Crippen MR) is 139 cm³/mol. The van der Waals surface area contributed by atoms with Gasteiger partial charge in [0, 0.05) is 38.0 Å². The molecule has 2 fully saturated rings. The van der Waals surface area contributed by atoms with Crippen molar-refractivity contribution in [1.29, 1.82) is 0 Å². The van der Waals surface area contributed by atoms with Gasteiger partial charge >= 0.3 is 0 Å². The highest BCUT2D eigenvalue weighted by Crippen LogP contribution is 2.27. The molecular formula is C28H32FN5O3. The van der Waals surface area contributed by atoms with Crippen molar-refractivity contribution in [3.8, 4) is 0 Å². The van der Waals surface area contributed by atoms with Gasteiger partial charge in [-0.15, -0.1) is 0 Å². The highest BCUT2D eigenvalue weighted by molar-refractivity contribution is 5.95. The summed E-state index contributed by atoms with van der Waals surface area (Å²) in [6.07, 6.45) is 5.75. The molecule has 3 N–H and O–H groups in total. The summed E-state index contributed by atoms with van der Waals surface area (Å²) >= 11 is 0. The summed E-state index contributed by atoms with van der Waals surface area (Å²) in [6.45, 7) is 1.44. The number of H-pyrrole nitrogens is 1. The molecule has 2 heterocycles. The Morgan fingerprint density at radius 2 is 1.68 bits per heavy atom. The summed E-state index contributed by atoms with van der Waals surface area (Å²) < 4.78 is 14.7. The molecule has 1 aliphatic carbocycles. The van der Waals surface area contributed by atoms with Crippen LogP contribution in [-0.4, -0.2) is 64.0 Å². The fourth-order valence-electron chi connectivity index (χ4n) is 5.55. The van der Waals surface area contributed by atoms with Crippen molar-refractivity contribution in [2.24, 2.45) is 11.7 Å². The Hall–Kier alpha value is -3.59. The topological polar surface area (TPSA) is 112 Å². The Bertz CT molecular complexity index is 1360. The summed E-state index contributed by atoms with van der Waals surface area (Å²) in [6, 6.07) is 11.1. The van der Waals surface area contributed by atoms with Gasteiger partial charge in [0.05, 0.1) is 22.7 Å². The summed E-state index contributed by atoms with van der Waals surface area (Å²) in [5.74, 6) is -0.812. The molecule has 8 nitrogen and oxygen atoms in total. The zero-order valence-electron chi connectivity index (χ0n) is 20.8. The number of hydrogen-bond donors (Lipinski definition) is 2. The predicted octanol–water partition coefficient (Wildman–Crippen LogP) is 2.85. The standard InChI is InChI=1S/C28H32FN5O3/c29-23-11-10-18(17-24-20-8-4-5-9-21(20)26(35)32-31-24)16-22(23)27(36)33-12-14-34(15-13-33)28(37)25(30)19-6-2-1-3-7-19/h4-5,8-11,16,19,25H,1-3,6-7,12-15,17,30H2,(H,32,35)/t25-/m1/s1. The molecule has 0 bridgehead atoms. The fraction of sp³-hybridized carbons (Fsp3) is 0.429. The summed E-state index contributed by atoms with van der Waals surface area (Å²) in [5.41, 5.74) is 7.37. The number of hydrogen-bond acceptors (Lipinski definition) is 5. The van der Waals surface area contributed by atoms with E-state index in [2.05, 4.69) is 10.2 Å². The molecule has 0 radical (unpaired) electrons. The maximum absolute atomic E-state index is 14.7. The lowest BCUT2D eigenvalue weighted by molar-refractivity contribution is -0.135. The zero-order valence-corrected chi connectivity index (χ0v) is 20.8. The van der Waals surface area contributed by atoms with Gasteiger partial charge in [0.15, 0.2) is 0 Å². The Labute approximate surface area is 214 Å². The van der Waals surface area contributed by atoms with E-state index in [1.165, 1.54) is 12.5 Å². The molecule has 2 aliphatic rings. The number of aromatic amines is 1. The molecule has 1 atom stereocenters. The number of amides is 2. The molecule has 2 amide bonds. The molecule has 0 spiro atoms. The second-order valence-electron chi connectivity index (χ2n) is 10.1. The van der Waals surface area contributed by atoms with E-state index in [4.69, 9.17) is 5.73 Å². The number of carbonyl (C=O) groups is 2. The largest absolute Gasteiger partial charge is 0.338 e. The number of halogens is 1. The molecule has 3 aromatic rings. The second-order valence-corrected chi connectivity index (χ2v) is 10.1. The fourth-order valence-corrected chi connectivity index (χ4v) is 5.55. The van der Waals surface area contributed by atoms with Crippen LogP contribution in [0.1, 0.15) is 53.7 Å². The molecule has 5 rings (SSSR count). The molecule has 9 heteroatoms. The van der Waals surface area contributed by atoms with Crippen molar-refractivity contribution in [3.05, 3.63) is 75.5 Å². The Kier molecular flexibility index (Phi) is 7.32. The summed E-state index contributed by atoms with van der Waals surface area (Å²) in [4.78, 5) is 41.6. The van der Waals surface area contributed by atoms with Crippen molar-refractivity contribution < 1.29 is 14.0 Å². The molecule has 1 saturated heterocycles. The van der Waals surface area contributed by atoms with Crippen molar-refractivity contribution in [3.63, 3.8) is 0 Å². The Morgan fingerprint density at radius 3 is 2.41 bits per heavy atom.